The van der Waals surface area contributed by atoms with Gasteiger partial charge in [0.1, 0.15) is 11.5 Å². The molecule has 2 aromatic carbocycles. The summed E-state index contributed by atoms with van der Waals surface area (Å²) in [7, 11) is 0. The van der Waals surface area contributed by atoms with Gasteiger partial charge in [-0.2, -0.15) is 0 Å². The number of benzene rings is 2. The van der Waals surface area contributed by atoms with Gasteiger partial charge >= 0.3 is 6.36 Å². The molecule has 9 heteroatoms. The maximum absolute atomic E-state index is 12.4. The number of piperazine rings is 1. The third-order valence-electron chi connectivity index (χ3n) is 4.30. The highest BCUT2D eigenvalue weighted by Gasteiger charge is 2.32. The van der Waals surface area contributed by atoms with E-state index in [2.05, 4.69) is 30.9 Å². The molecule has 0 radical (unpaired) electrons. The molecule has 0 aliphatic carbocycles. The Labute approximate surface area is 168 Å². The van der Waals surface area contributed by atoms with Crippen LogP contribution in [0.1, 0.15) is 17.2 Å². The summed E-state index contributed by atoms with van der Waals surface area (Å²) in [5.74, 6) is -0.333. The smallest absolute Gasteiger partial charge is 0.506 e. The van der Waals surface area contributed by atoms with E-state index in [1.165, 1.54) is 12.1 Å². The van der Waals surface area contributed by atoms with Gasteiger partial charge < -0.3 is 15.2 Å². The molecule has 4 nitrogen and oxygen atoms in total. The zero-order chi connectivity index (χ0) is 19.6. The van der Waals surface area contributed by atoms with Gasteiger partial charge in [0.2, 0.25) is 0 Å². The monoisotopic (exact) mass is 464 g/mol. The van der Waals surface area contributed by atoms with E-state index in [9.17, 15) is 18.3 Å². The number of hydrogen-bond donors (Lipinski definition) is 2. The molecular formula is C18H17BrClF3N2O2. The Balaban J connectivity index is 2.00. The molecule has 2 aromatic rings. The van der Waals surface area contributed by atoms with Gasteiger partial charge in [-0.1, -0.05) is 39.7 Å². The van der Waals surface area contributed by atoms with Crippen LogP contribution in [0.3, 0.4) is 0 Å². The molecule has 0 aromatic heterocycles. The van der Waals surface area contributed by atoms with Crippen LogP contribution in [0.25, 0.3) is 0 Å². The van der Waals surface area contributed by atoms with Crippen molar-refractivity contribution in [1.82, 2.24) is 10.2 Å². The fourth-order valence-corrected chi connectivity index (χ4v) is 4.01. The Kier molecular flexibility index (Phi) is 6.20. The number of phenolic OH excluding ortho intramolecular Hbond substituents is 1. The number of rotatable bonds is 4. The van der Waals surface area contributed by atoms with Crippen LogP contribution in [0.4, 0.5) is 13.2 Å². The first kappa shape index (κ1) is 20.3. The minimum Gasteiger partial charge on any atom is -0.506 e. The first-order valence-electron chi connectivity index (χ1n) is 8.23. The summed E-state index contributed by atoms with van der Waals surface area (Å²) in [4.78, 5) is 2.15. The minimum absolute atomic E-state index is 0.0426. The average molecular weight is 466 g/mol. The first-order chi connectivity index (χ1) is 12.7. The average Bonchev–Trinajstić information content (AvgIpc) is 2.60. The molecule has 146 valence electrons. The lowest BCUT2D eigenvalue weighted by molar-refractivity contribution is -0.274. The molecule has 0 unspecified atom stereocenters. The predicted octanol–water partition coefficient (Wildman–Crippen LogP) is 4.70. The molecule has 1 atom stereocenters. The van der Waals surface area contributed by atoms with E-state index in [4.69, 9.17) is 11.6 Å². The van der Waals surface area contributed by atoms with Gasteiger partial charge in [-0.3, -0.25) is 4.90 Å². The highest BCUT2D eigenvalue weighted by Crippen LogP contribution is 2.40. The van der Waals surface area contributed by atoms with E-state index in [0.29, 0.717) is 10.0 Å². The molecule has 1 aliphatic rings. The maximum Gasteiger partial charge on any atom is 0.573 e. The molecule has 1 heterocycles. The quantitative estimate of drug-likeness (QED) is 0.687. The number of phenols is 1. The molecule has 0 bridgehead atoms. The van der Waals surface area contributed by atoms with Gasteiger partial charge in [-0.05, 0) is 29.8 Å². The molecule has 27 heavy (non-hydrogen) atoms. The molecule has 1 saturated heterocycles. The largest absolute Gasteiger partial charge is 0.573 e. The van der Waals surface area contributed by atoms with E-state index >= 15 is 0 Å². The Morgan fingerprint density at radius 2 is 1.78 bits per heavy atom. The van der Waals surface area contributed by atoms with Crippen LogP contribution in [0, 0.1) is 0 Å². The van der Waals surface area contributed by atoms with Crippen LogP contribution < -0.4 is 10.1 Å². The van der Waals surface area contributed by atoms with Crippen molar-refractivity contribution in [2.45, 2.75) is 12.4 Å². The molecule has 1 aliphatic heterocycles. The van der Waals surface area contributed by atoms with Crippen LogP contribution in [0.5, 0.6) is 11.5 Å². The van der Waals surface area contributed by atoms with Crippen LogP contribution in [0.2, 0.25) is 5.02 Å². The van der Waals surface area contributed by atoms with E-state index in [0.717, 1.165) is 31.7 Å². The van der Waals surface area contributed by atoms with E-state index < -0.39 is 6.36 Å². The van der Waals surface area contributed by atoms with Crippen molar-refractivity contribution in [3.63, 3.8) is 0 Å². The highest BCUT2D eigenvalue weighted by atomic mass is 79.9. The van der Waals surface area contributed by atoms with Crippen molar-refractivity contribution < 1.29 is 23.0 Å². The van der Waals surface area contributed by atoms with Gasteiger partial charge in [-0.15, -0.1) is 13.2 Å². The topological polar surface area (TPSA) is 44.7 Å². The number of nitrogens with zero attached hydrogens (tertiary/aromatic N) is 1. The van der Waals surface area contributed by atoms with Gasteiger partial charge in [0.05, 0.1) is 11.1 Å². The Hall–Kier alpha value is -1.48. The van der Waals surface area contributed by atoms with Gasteiger partial charge in [0, 0.05) is 36.2 Å². The molecule has 0 amide bonds. The molecule has 0 saturated carbocycles. The Morgan fingerprint density at radius 1 is 1.15 bits per heavy atom. The first-order valence-corrected chi connectivity index (χ1v) is 9.40. The lowest BCUT2D eigenvalue weighted by Crippen LogP contribution is -2.45. The Morgan fingerprint density at radius 3 is 2.37 bits per heavy atom. The standard InChI is InChI=1S/C18H17BrClF3N2O2/c19-12-9-14(17(26)15(20)10-12)16(25-7-5-24-6-8-25)11-1-3-13(4-2-11)27-18(21,22)23/h1-4,9-10,16,24,26H,5-8H2/t16-/m0/s1. The number of ether oxygens (including phenoxy) is 1. The number of aromatic hydroxyl groups is 1. The highest BCUT2D eigenvalue weighted by molar-refractivity contribution is 9.10. The molecular weight excluding hydrogens is 449 g/mol. The summed E-state index contributed by atoms with van der Waals surface area (Å²) in [5.41, 5.74) is 1.32. The summed E-state index contributed by atoms with van der Waals surface area (Å²) in [6.07, 6.45) is -4.74. The van der Waals surface area contributed by atoms with Crippen LogP contribution in [0.15, 0.2) is 40.9 Å². The van der Waals surface area contributed by atoms with Crippen molar-refractivity contribution in [3.8, 4) is 11.5 Å². The third kappa shape index (κ3) is 5.07. The maximum atomic E-state index is 12.4. The van der Waals surface area contributed by atoms with E-state index in [-0.39, 0.29) is 22.6 Å². The SMILES string of the molecule is Oc1c(Cl)cc(Br)cc1[C@H](c1ccc(OC(F)(F)F)cc1)N1CCNCC1. The summed E-state index contributed by atoms with van der Waals surface area (Å²) in [6.45, 7) is 2.98. The summed E-state index contributed by atoms with van der Waals surface area (Å²) >= 11 is 9.52. The zero-order valence-electron chi connectivity index (χ0n) is 14.1. The molecule has 2 N–H and O–H groups in total. The van der Waals surface area contributed by atoms with Crippen molar-refractivity contribution in [1.29, 1.82) is 0 Å². The number of nitrogens with one attached hydrogen (secondary N) is 1. The Bertz CT molecular complexity index is 796. The van der Waals surface area contributed by atoms with Gasteiger partial charge in [0.15, 0.2) is 0 Å². The third-order valence-corrected chi connectivity index (χ3v) is 5.04. The van der Waals surface area contributed by atoms with Gasteiger partial charge in [-0.25, -0.2) is 0 Å². The van der Waals surface area contributed by atoms with Gasteiger partial charge in [0.25, 0.3) is 0 Å². The lowest BCUT2D eigenvalue weighted by Gasteiger charge is -2.36. The van der Waals surface area contributed by atoms with Crippen molar-refractivity contribution in [3.05, 3.63) is 57.0 Å². The van der Waals surface area contributed by atoms with E-state index in [1.54, 1.807) is 24.3 Å². The minimum atomic E-state index is -4.74. The number of alkyl halides is 3. The summed E-state index contributed by atoms with van der Waals surface area (Å²) in [5, 5.41) is 14.0. The number of halogens is 5. The predicted molar refractivity (Wildman–Crippen MR) is 100 cm³/mol. The second kappa shape index (κ2) is 8.26. The van der Waals surface area contributed by atoms with Crippen LogP contribution >= 0.6 is 27.5 Å². The summed E-state index contributed by atoms with van der Waals surface area (Å²) < 4.78 is 41.9. The van der Waals surface area contributed by atoms with Crippen molar-refractivity contribution in [2.24, 2.45) is 0 Å². The van der Waals surface area contributed by atoms with Crippen LogP contribution in [-0.4, -0.2) is 42.5 Å². The molecule has 1 fully saturated rings. The van der Waals surface area contributed by atoms with E-state index in [1.807, 2.05) is 0 Å². The number of hydrogen-bond acceptors (Lipinski definition) is 4. The second-order valence-corrected chi connectivity index (χ2v) is 7.45. The fourth-order valence-electron chi connectivity index (χ4n) is 3.17. The van der Waals surface area contributed by atoms with Crippen LogP contribution in [-0.2, 0) is 0 Å². The second-order valence-electron chi connectivity index (χ2n) is 6.13. The zero-order valence-corrected chi connectivity index (χ0v) is 16.4. The van der Waals surface area contributed by atoms with Crippen molar-refractivity contribution >= 4 is 27.5 Å². The fraction of sp³-hybridized carbons (Fsp3) is 0.333. The lowest BCUT2D eigenvalue weighted by atomic mass is 9.95. The summed E-state index contributed by atoms with van der Waals surface area (Å²) in [6, 6.07) is 8.69. The molecule has 0 spiro atoms. The van der Waals surface area contributed by atoms with Crippen molar-refractivity contribution in [2.75, 3.05) is 26.2 Å². The molecule has 3 rings (SSSR count). The normalized spacial score (nSPS) is 16.9.